The summed E-state index contributed by atoms with van der Waals surface area (Å²) in [5.41, 5.74) is 0.528. The standard InChI is InChI=1S/C17H22BrNO3/c1-11(2)8-12(15(20)21)10-19-16(22)17(6-7-17)13-4-3-5-14(18)9-13/h3-5,9,11-12H,6-8,10H2,1-2H3,(H,19,22)(H,20,21). The van der Waals surface area contributed by atoms with Gasteiger partial charge in [0.15, 0.2) is 0 Å². The monoisotopic (exact) mass is 367 g/mol. The first-order valence-electron chi connectivity index (χ1n) is 7.62. The zero-order chi connectivity index (χ0) is 16.3. The Morgan fingerprint density at radius 2 is 2.05 bits per heavy atom. The fraction of sp³-hybridized carbons (Fsp3) is 0.529. The van der Waals surface area contributed by atoms with Gasteiger partial charge in [0.25, 0.3) is 0 Å². The third-order valence-electron chi connectivity index (χ3n) is 4.18. The molecule has 0 aliphatic heterocycles. The van der Waals surface area contributed by atoms with Crippen LogP contribution in [0.2, 0.25) is 0 Å². The van der Waals surface area contributed by atoms with E-state index in [1.807, 2.05) is 38.1 Å². The second kappa shape index (κ2) is 6.82. The Morgan fingerprint density at radius 1 is 1.36 bits per heavy atom. The van der Waals surface area contributed by atoms with Crippen LogP contribution in [0.5, 0.6) is 0 Å². The topological polar surface area (TPSA) is 66.4 Å². The second-order valence-corrected chi connectivity index (χ2v) is 7.38. The van der Waals surface area contributed by atoms with Crippen molar-refractivity contribution in [2.75, 3.05) is 6.54 Å². The third-order valence-corrected chi connectivity index (χ3v) is 4.67. The van der Waals surface area contributed by atoms with E-state index in [0.29, 0.717) is 6.42 Å². The molecule has 1 amide bonds. The lowest BCUT2D eigenvalue weighted by Crippen LogP contribution is -2.39. The SMILES string of the molecule is CC(C)CC(CNC(=O)C1(c2cccc(Br)c2)CC1)C(=O)O. The first-order chi connectivity index (χ1) is 10.3. The predicted octanol–water partition coefficient (Wildman–Crippen LogP) is 3.34. The molecule has 1 unspecified atom stereocenters. The predicted molar refractivity (Wildman–Crippen MR) is 88.6 cm³/mol. The molecule has 4 nitrogen and oxygen atoms in total. The molecule has 1 aliphatic rings. The molecule has 1 fully saturated rings. The Labute approximate surface area is 139 Å². The highest BCUT2D eigenvalue weighted by Gasteiger charge is 2.51. The molecule has 2 rings (SSSR count). The molecule has 0 spiro atoms. The summed E-state index contributed by atoms with van der Waals surface area (Å²) >= 11 is 3.43. The number of halogens is 1. The number of rotatable bonds is 7. The maximum absolute atomic E-state index is 12.5. The van der Waals surface area contributed by atoms with Crippen molar-refractivity contribution in [3.05, 3.63) is 34.3 Å². The summed E-state index contributed by atoms with van der Waals surface area (Å²) in [6.45, 7) is 4.17. The molecule has 22 heavy (non-hydrogen) atoms. The average molecular weight is 368 g/mol. The van der Waals surface area contributed by atoms with Gasteiger partial charge in [0, 0.05) is 11.0 Å². The maximum atomic E-state index is 12.5. The quantitative estimate of drug-likeness (QED) is 0.776. The molecule has 2 N–H and O–H groups in total. The summed E-state index contributed by atoms with van der Waals surface area (Å²) in [5.74, 6) is -1.14. The minimum atomic E-state index is -0.846. The van der Waals surface area contributed by atoms with Gasteiger partial charge in [-0.05, 0) is 42.9 Å². The number of carboxylic acids is 1. The molecule has 1 aromatic carbocycles. The Morgan fingerprint density at radius 3 is 2.55 bits per heavy atom. The molecule has 0 aromatic heterocycles. The van der Waals surface area contributed by atoms with Crippen LogP contribution in [0, 0.1) is 11.8 Å². The van der Waals surface area contributed by atoms with Crippen molar-refractivity contribution < 1.29 is 14.7 Å². The number of benzene rings is 1. The fourth-order valence-electron chi connectivity index (χ4n) is 2.78. The minimum Gasteiger partial charge on any atom is -0.481 e. The van der Waals surface area contributed by atoms with E-state index in [2.05, 4.69) is 21.2 Å². The number of hydrogen-bond donors (Lipinski definition) is 2. The molecule has 1 aromatic rings. The molecule has 0 radical (unpaired) electrons. The molecule has 120 valence electrons. The van der Waals surface area contributed by atoms with Gasteiger partial charge in [0.2, 0.25) is 5.91 Å². The van der Waals surface area contributed by atoms with Crippen LogP contribution in [0.3, 0.4) is 0 Å². The van der Waals surface area contributed by atoms with E-state index in [9.17, 15) is 14.7 Å². The van der Waals surface area contributed by atoms with Crippen molar-refractivity contribution in [1.29, 1.82) is 0 Å². The summed E-state index contributed by atoms with van der Waals surface area (Å²) in [5, 5.41) is 12.1. The van der Waals surface area contributed by atoms with Crippen LogP contribution in [-0.4, -0.2) is 23.5 Å². The Balaban J connectivity index is 2.01. The maximum Gasteiger partial charge on any atom is 0.308 e. The van der Waals surface area contributed by atoms with Crippen molar-refractivity contribution in [3.8, 4) is 0 Å². The molecule has 0 bridgehead atoms. The Hall–Kier alpha value is -1.36. The average Bonchev–Trinajstić information content (AvgIpc) is 3.24. The van der Waals surface area contributed by atoms with Gasteiger partial charge in [0.05, 0.1) is 11.3 Å². The third kappa shape index (κ3) is 3.88. The van der Waals surface area contributed by atoms with Crippen LogP contribution in [0.25, 0.3) is 0 Å². The van der Waals surface area contributed by atoms with Gasteiger partial charge >= 0.3 is 5.97 Å². The van der Waals surface area contributed by atoms with Gasteiger partial charge < -0.3 is 10.4 Å². The smallest absolute Gasteiger partial charge is 0.308 e. The van der Waals surface area contributed by atoms with E-state index in [0.717, 1.165) is 22.9 Å². The lowest BCUT2D eigenvalue weighted by atomic mass is 9.93. The van der Waals surface area contributed by atoms with Crippen LogP contribution >= 0.6 is 15.9 Å². The van der Waals surface area contributed by atoms with Crippen molar-refractivity contribution in [2.24, 2.45) is 11.8 Å². The summed E-state index contributed by atoms with van der Waals surface area (Å²) in [4.78, 5) is 23.8. The van der Waals surface area contributed by atoms with Crippen molar-refractivity contribution >= 4 is 27.8 Å². The number of amides is 1. The van der Waals surface area contributed by atoms with E-state index in [-0.39, 0.29) is 18.4 Å². The van der Waals surface area contributed by atoms with Gasteiger partial charge in [0.1, 0.15) is 0 Å². The second-order valence-electron chi connectivity index (χ2n) is 6.47. The number of carboxylic acid groups (broad SMARTS) is 1. The lowest BCUT2D eigenvalue weighted by molar-refractivity contribution is -0.142. The first kappa shape index (κ1) is 17.0. The van der Waals surface area contributed by atoms with Gasteiger partial charge in [-0.3, -0.25) is 9.59 Å². The Bertz CT molecular complexity index is 567. The lowest BCUT2D eigenvalue weighted by Gasteiger charge is -2.19. The first-order valence-corrected chi connectivity index (χ1v) is 8.41. The minimum absolute atomic E-state index is 0.0550. The normalized spacial score (nSPS) is 17.1. The zero-order valence-corrected chi connectivity index (χ0v) is 14.5. The van der Waals surface area contributed by atoms with Crippen molar-refractivity contribution in [2.45, 2.75) is 38.5 Å². The highest BCUT2D eigenvalue weighted by Crippen LogP contribution is 2.48. The van der Waals surface area contributed by atoms with Crippen LogP contribution in [0.1, 0.15) is 38.7 Å². The molecule has 1 saturated carbocycles. The summed E-state index contributed by atoms with van der Waals surface area (Å²) in [6.07, 6.45) is 2.20. The highest BCUT2D eigenvalue weighted by molar-refractivity contribution is 9.10. The van der Waals surface area contributed by atoms with Gasteiger partial charge in [-0.15, -0.1) is 0 Å². The van der Waals surface area contributed by atoms with Gasteiger partial charge in [-0.25, -0.2) is 0 Å². The molecule has 1 aliphatic carbocycles. The zero-order valence-electron chi connectivity index (χ0n) is 12.9. The van der Waals surface area contributed by atoms with E-state index in [4.69, 9.17) is 0 Å². The van der Waals surface area contributed by atoms with Crippen molar-refractivity contribution in [3.63, 3.8) is 0 Å². The van der Waals surface area contributed by atoms with Crippen LogP contribution in [0.4, 0.5) is 0 Å². The molecule has 0 heterocycles. The number of nitrogens with one attached hydrogen (secondary N) is 1. The summed E-state index contributed by atoms with van der Waals surface area (Å²) in [7, 11) is 0. The largest absolute Gasteiger partial charge is 0.481 e. The van der Waals surface area contributed by atoms with E-state index < -0.39 is 17.3 Å². The molecule has 0 saturated heterocycles. The number of hydrogen-bond acceptors (Lipinski definition) is 2. The fourth-order valence-corrected chi connectivity index (χ4v) is 3.18. The van der Waals surface area contributed by atoms with E-state index >= 15 is 0 Å². The highest BCUT2D eigenvalue weighted by atomic mass is 79.9. The molecule has 1 atom stereocenters. The number of aliphatic carboxylic acids is 1. The van der Waals surface area contributed by atoms with E-state index in [1.54, 1.807) is 0 Å². The molecule has 5 heteroatoms. The van der Waals surface area contributed by atoms with Crippen LogP contribution in [-0.2, 0) is 15.0 Å². The molecular formula is C17H22BrNO3. The van der Waals surface area contributed by atoms with Gasteiger partial charge in [-0.1, -0.05) is 41.9 Å². The summed E-state index contributed by atoms with van der Waals surface area (Å²) < 4.78 is 0.951. The summed E-state index contributed by atoms with van der Waals surface area (Å²) in [6, 6.07) is 7.78. The van der Waals surface area contributed by atoms with Crippen molar-refractivity contribution in [1.82, 2.24) is 5.32 Å². The molecular weight excluding hydrogens is 346 g/mol. The van der Waals surface area contributed by atoms with Gasteiger partial charge in [-0.2, -0.15) is 0 Å². The Kier molecular flexibility index (Phi) is 5.27. The van der Waals surface area contributed by atoms with E-state index in [1.165, 1.54) is 0 Å². The number of carbonyl (C=O) groups is 2. The van der Waals surface area contributed by atoms with Crippen LogP contribution < -0.4 is 5.32 Å². The van der Waals surface area contributed by atoms with Crippen LogP contribution in [0.15, 0.2) is 28.7 Å². The number of carbonyl (C=O) groups excluding carboxylic acids is 1.